The number of anilines is 1. The Kier molecular flexibility index (Phi) is 2.34. The van der Waals surface area contributed by atoms with Crippen molar-refractivity contribution >= 4 is 27.2 Å². The Morgan fingerprint density at radius 2 is 2.00 bits per heavy atom. The molecule has 0 aliphatic rings. The molecule has 6 heteroatoms. The topological polar surface area (TPSA) is 69.6 Å². The normalized spacial score (nSPS) is 11.3. The van der Waals surface area contributed by atoms with Crippen molar-refractivity contribution in [3.63, 3.8) is 0 Å². The summed E-state index contributed by atoms with van der Waals surface area (Å²) in [6.07, 6.45) is 1.57. The summed E-state index contributed by atoms with van der Waals surface area (Å²) < 4.78 is 1.79. The van der Waals surface area contributed by atoms with Crippen LogP contribution in [0.15, 0.2) is 12.4 Å². The molecule has 18 heavy (non-hydrogen) atoms. The molecule has 0 saturated heterocycles. The third-order valence-electron chi connectivity index (χ3n) is 2.98. The van der Waals surface area contributed by atoms with Crippen LogP contribution in [-0.4, -0.2) is 19.7 Å². The van der Waals surface area contributed by atoms with E-state index in [1.165, 1.54) is 4.88 Å². The Balaban J connectivity index is 2.34. The Labute approximate surface area is 108 Å². The molecule has 0 bridgehead atoms. The highest BCUT2D eigenvalue weighted by molar-refractivity contribution is 7.18. The first-order valence-corrected chi connectivity index (χ1v) is 6.43. The maximum atomic E-state index is 5.97. The molecule has 0 saturated carbocycles. The summed E-state index contributed by atoms with van der Waals surface area (Å²) in [5.74, 6) is 0.793. The summed E-state index contributed by atoms with van der Waals surface area (Å²) in [6, 6.07) is 2.09. The zero-order valence-electron chi connectivity index (χ0n) is 10.4. The van der Waals surface area contributed by atoms with Gasteiger partial charge in [-0.1, -0.05) is 0 Å². The van der Waals surface area contributed by atoms with Gasteiger partial charge in [0.25, 0.3) is 0 Å². The van der Waals surface area contributed by atoms with Crippen LogP contribution in [0, 0.1) is 20.8 Å². The number of hydrogen-bond donors (Lipinski definition) is 1. The highest BCUT2D eigenvalue weighted by atomic mass is 32.1. The Morgan fingerprint density at radius 3 is 2.67 bits per heavy atom. The third-order valence-corrected chi connectivity index (χ3v) is 3.94. The molecule has 3 heterocycles. The van der Waals surface area contributed by atoms with Gasteiger partial charge in [-0.3, -0.25) is 0 Å². The minimum absolute atomic E-state index is 0.716. The minimum atomic E-state index is 0.716. The maximum absolute atomic E-state index is 5.97. The number of aryl methyl sites for hydroxylation is 2. The summed E-state index contributed by atoms with van der Waals surface area (Å²) >= 11 is 1.65. The van der Waals surface area contributed by atoms with Crippen LogP contribution >= 0.6 is 11.3 Å². The van der Waals surface area contributed by atoms with Crippen molar-refractivity contribution in [2.24, 2.45) is 0 Å². The molecule has 3 rings (SSSR count). The predicted octanol–water partition coefficient (Wildman–Crippen LogP) is 2.38. The van der Waals surface area contributed by atoms with Crippen molar-refractivity contribution < 1.29 is 0 Å². The number of nitrogen functional groups attached to an aromatic ring is 1. The van der Waals surface area contributed by atoms with E-state index in [1.54, 1.807) is 22.3 Å². The van der Waals surface area contributed by atoms with Crippen LogP contribution in [0.3, 0.4) is 0 Å². The van der Waals surface area contributed by atoms with Crippen LogP contribution in [-0.2, 0) is 0 Å². The van der Waals surface area contributed by atoms with Crippen LogP contribution in [0.5, 0.6) is 0 Å². The molecule has 0 atom stereocenters. The van der Waals surface area contributed by atoms with Crippen LogP contribution in [0.25, 0.3) is 16.0 Å². The molecule has 0 aliphatic carbocycles. The largest absolute Gasteiger partial charge is 0.396 e. The van der Waals surface area contributed by atoms with Crippen LogP contribution in [0.1, 0.15) is 16.3 Å². The van der Waals surface area contributed by atoms with Gasteiger partial charge in [0.2, 0.25) is 0 Å². The molecule has 0 fully saturated rings. The van der Waals surface area contributed by atoms with Gasteiger partial charge in [0.15, 0.2) is 5.82 Å². The van der Waals surface area contributed by atoms with Gasteiger partial charge in [0.05, 0.1) is 22.5 Å². The van der Waals surface area contributed by atoms with E-state index in [-0.39, 0.29) is 0 Å². The number of hydrogen-bond acceptors (Lipinski definition) is 5. The molecule has 0 amide bonds. The van der Waals surface area contributed by atoms with E-state index in [4.69, 9.17) is 5.73 Å². The predicted molar refractivity (Wildman–Crippen MR) is 73.2 cm³/mol. The average molecular weight is 259 g/mol. The quantitative estimate of drug-likeness (QED) is 0.728. The molecule has 3 aromatic heterocycles. The van der Waals surface area contributed by atoms with Gasteiger partial charge in [-0.15, -0.1) is 11.3 Å². The molecule has 0 unspecified atom stereocenters. The number of fused-ring (bicyclic) bond motifs is 1. The first kappa shape index (κ1) is 11.2. The highest BCUT2D eigenvalue weighted by Gasteiger charge is 2.14. The standard InChI is InChI=1S/C12H13N5S/c1-6-4-9-11(14-5-15-12(9)18-6)17-8(3)10(13)7(2)16-17/h4-5H,13H2,1-3H3. The number of aromatic nitrogens is 4. The van der Waals surface area contributed by atoms with Crippen LogP contribution in [0.2, 0.25) is 0 Å². The molecular formula is C12H13N5S. The van der Waals surface area contributed by atoms with Crippen LogP contribution < -0.4 is 5.73 Å². The lowest BCUT2D eigenvalue weighted by molar-refractivity contribution is 0.811. The Hall–Kier alpha value is -1.95. The highest BCUT2D eigenvalue weighted by Crippen LogP contribution is 2.28. The summed E-state index contributed by atoms with van der Waals surface area (Å²) in [7, 11) is 0. The third kappa shape index (κ3) is 1.49. The van der Waals surface area contributed by atoms with Gasteiger partial charge in [-0.05, 0) is 26.8 Å². The average Bonchev–Trinajstić information content (AvgIpc) is 2.83. The van der Waals surface area contributed by atoms with E-state index >= 15 is 0 Å². The molecule has 92 valence electrons. The molecule has 2 N–H and O–H groups in total. The summed E-state index contributed by atoms with van der Waals surface area (Å²) in [4.78, 5) is 10.8. The molecule has 0 spiro atoms. The SMILES string of the molecule is Cc1cc2c(-n3nc(C)c(N)c3C)ncnc2s1. The van der Waals surface area contributed by atoms with E-state index in [9.17, 15) is 0 Å². The Bertz CT molecular complexity index is 740. The van der Waals surface area contributed by atoms with E-state index in [0.29, 0.717) is 5.69 Å². The molecule has 0 aliphatic heterocycles. The fraction of sp³-hybridized carbons (Fsp3) is 0.250. The van der Waals surface area contributed by atoms with Crippen molar-refractivity contribution in [1.82, 2.24) is 19.7 Å². The molecular weight excluding hydrogens is 246 g/mol. The molecule has 0 radical (unpaired) electrons. The second kappa shape index (κ2) is 3.78. The van der Waals surface area contributed by atoms with Crippen molar-refractivity contribution in [3.8, 4) is 5.82 Å². The van der Waals surface area contributed by atoms with E-state index in [2.05, 4.69) is 28.1 Å². The van der Waals surface area contributed by atoms with Crippen molar-refractivity contribution in [2.75, 3.05) is 5.73 Å². The van der Waals surface area contributed by atoms with E-state index in [1.807, 2.05) is 13.8 Å². The second-order valence-corrected chi connectivity index (χ2v) is 5.50. The van der Waals surface area contributed by atoms with Crippen molar-refractivity contribution in [3.05, 3.63) is 28.7 Å². The smallest absolute Gasteiger partial charge is 0.165 e. The Morgan fingerprint density at radius 1 is 1.22 bits per heavy atom. The van der Waals surface area contributed by atoms with Gasteiger partial charge in [0, 0.05) is 4.88 Å². The zero-order chi connectivity index (χ0) is 12.9. The van der Waals surface area contributed by atoms with E-state index < -0.39 is 0 Å². The second-order valence-electron chi connectivity index (χ2n) is 4.27. The molecule has 5 nitrogen and oxygen atoms in total. The molecule has 3 aromatic rings. The lowest BCUT2D eigenvalue weighted by atomic mass is 10.3. The number of nitrogens with zero attached hydrogens (tertiary/aromatic N) is 4. The van der Waals surface area contributed by atoms with Crippen LogP contribution in [0.4, 0.5) is 5.69 Å². The fourth-order valence-corrected chi connectivity index (χ4v) is 2.84. The minimum Gasteiger partial charge on any atom is -0.396 e. The lowest BCUT2D eigenvalue weighted by Crippen LogP contribution is -2.03. The number of thiophene rings is 1. The monoisotopic (exact) mass is 259 g/mol. The first-order valence-electron chi connectivity index (χ1n) is 5.61. The first-order chi connectivity index (χ1) is 8.58. The van der Waals surface area contributed by atoms with Gasteiger partial charge in [0.1, 0.15) is 11.2 Å². The van der Waals surface area contributed by atoms with Gasteiger partial charge in [-0.2, -0.15) is 5.10 Å². The van der Waals surface area contributed by atoms with Gasteiger partial charge >= 0.3 is 0 Å². The number of nitrogens with two attached hydrogens (primary N) is 1. The van der Waals surface area contributed by atoms with Gasteiger partial charge < -0.3 is 5.73 Å². The number of rotatable bonds is 1. The lowest BCUT2D eigenvalue weighted by Gasteiger charge is -2.04. The van der Waals surface area contributed by atoms with E-state index in [0.717, 1.165) is 27.4 Å². The summed E-state index contributed by atoms with van der Waals surface area (Å²) in [5, 5.41) is 5.46. The summed E-state index contributed by atoms with van der Waals surface area (Å²) in [6.45, 7) is 5.91. The van der Waals surface area contributed by atoms with Crippen molar-refractivity contribution in [2.45, 2.75) is 20.8 Å². The molecule has 0 aromatic carbocycles. The van der Waals surface area contributed by atoms with Gasteiger partial charge in [-0.25, -0.2) is 14.6 Å². The maximum Gasteiger partial charge on any atom is 0.165 e. The fourth-order valence-electron chi connectivity index (χ4n) is 1.99. The summed E-state index contributed by atoms with van der Waals surface area (Å²) in [5.41, 5.74) is 8.42. The zero-order valence-corrected chi connectivity index (χ0v) is 11.2. The van der Waals surface area contributed by atoms with Crippen molar-refractivity contribution in [1.29, 1.82) is 0 Å².